The first-order valence-electron chi connectivity index (χ1n) is 11.6. The van der Waals surface area contributed by atoms with E-state index in [-0.39, 0.29) is 11.5 Å². The lowest BCUT2D eigenvalue weighted by Crippen LogP contribution is -2.14. The minimum absolute atomic E-state index is 0.149. The van der Waals surface area contributed by atoms with Gasteiger partial charge in [0, 0.05) is 18.8 Å². The van der Waals surface area contributed by atoms with Gasteiger partial charge in [-0.25, -0.2) is 13.2 Å². The fraction of sp³-hybridized carbons (Fsp3) is 0.407. The number of rotatable bonds is 13. The molecule has 0 aliphatic rings. The SMILES string of the molecule is CCCCCCCCOC(=O)/C(=C(\COC(C)=O)c1ccc(S(C)(=O)=O)cc1)c1ccccc1. The molecule has 0 bridgehead atoms. The molecule has 2 aromatic rings. The highest BCUT2D eigenvalue weighted by atomic mass is 32.2. The van der Waals surface area contributed by atoms with Gasteiger partial charge in [0.15, 0.2) is 9.84 Å². The fourth-order valence-electron chi connectivity index (χ4n) is 3.52. The Morgan fingerprint density at radius 3 is 2.00 bits per heavy atom. The number of sulfone groups is 1. The molecule has 0 unspecified atom stereocenters. The van der Waals surface area contributed by atoms with Crippen LogP contribution in [0.5, 0.6) is 0 Å². The minimum Gasteiger partial charge on any atom is -0.462 e. The Balaban J connectivity index is 2.39. The van der Waals surface area contributed by atoms with E-state index >= 15 is 0 Å². The highest BCUT2D eigenvalue weighted by Gasteiger charge is 2.22. The Morgan fingerprint density at radius 2 is 1.41 bits per heavy atom. The van der Waals surface area contributed by atoms with Gasteiger partial charge in [-0.15, -0.1) is 0 Å². The van der Waals surface area contributed by atoms with Crippen molar-refractivity contribution in [3.05, 3.63) is 65.7 Å². The van der Waals surface area contributed by atoms with E-state index in [0.29, 0.717) is 28.9 Å². The summed E-state index contributed by atoms with van der Waals surface area (Å²) >= 11 is 0. The van der Waals surface area contributed by atoms with Crippen molar-refractivity contribution in [2.75, 3.05) is 19.5 Å². The van der Waals surface area contributed by atoms with Crippen LogP contribution in [0.25, 0.3) is 11.1 Å². The Bertz CT molecular complexity index is 1070. The summed E-state index contributed by atoms with van der Waals surface area (Å²) in [6.45, 7) is 3.61. The van der Waals surface area contributed by atoms with Crippen LogP contribution in [0.3, 0.4) is 0 Å². The number of benzene rings is 2. The highest BCUT2D eigenvalue weighted by Crippen LogP contribution is 2.29. The summed E-state index contributed by atoms with van der Waals surface area (Å²) in [5.74, 6) is -0.993. The van der Waals surface area contributed by atoms with Crippen LogP contribution < -0.4 is 0 Å². The number of unbranched alkanes of at least 4 members (excludes halogenated alkanes) is 5. The predicted molar refractivity (Wildman–Crippen MR) is 134 cm³/mol. The van der Waals surface area contributed by atoms with Gasteiger partial charge in [0.1, 0.15) is 6.61 Å². The van der Waals surface area contributed by atoms with Crippen molar-refractivity contribution in [3.63, 3.8) is 0 Å². The van der Waals surface area contributed by atoms with Crippen molar-refractivity contribution in [2.24, 2.45) is 0 Å². The van der Waals surface area contributed by atoms with E-state index in [2.05, 4.69) is 6.92 Å². The largest absolute Gasteiger partial charge is 0.462 e. The van der Waals surface area contributed by atoms with Crippen LogP contribution in [0.4, 0.5) is 0 Å². The van der Waals surface area contributed by atoms with Gasteiger partial charge < -0.3 is 9.47 Å². The van der Waals surface area contributed by atoms with E-state index in [4.69, 9.17) is 9.47 Å². The molecule has 0 radical (unpaired) electrons. The lowest BCUT2D eigenvalue weighted by molar-refractivity contribution is -0.140. The molecule has 6 nitrogen and oxygen atoms in total. The van der Waals surface area contributed by atoms with Crippen molar-refractivity contribution in [1.82, 2.24) is 0 Å². The van der Waals surface area contributed by atoms with Crippen molar-refractivity contribution in [1.29, 1.82) is 0 Å². The van der Waals surface area contributed by atoms with Gasteiger partial charge in [0.2, 0.25) is 0 Å². The lowest BCUT2D eigenvalue weighted by atomic mass is 9.95. The average molecular weight is 487 g/mol. The zero-order valence-electron chi connectivity index (χ0n) is 20.2. The lowest BCUT2D eigenvalue weighted by Gasteiger charge is -2.16. The highest BCUT2D eigenvalue weighted by molar-refractivity contribution is 7.90. The van der Waals surface area contributed by atoms with Crippen LogP contribution in [-0.4, -0.2) is 39.8 Å². The first-order valence-corrected chi connectivity index (χ1v) is 13.5. The monoisotopic (exact) mass is 486 g/mol. The molecule has 2 aromatic carbocycles. The molecular formula is C27H34O6S. The zero-order valence-corrected chi connectivity index (χ0v) is 21.0. The van der Waals surface area contributed by atoms with E-state index in [1.807, 2.05) is 18.2 Å². The van der Waals surface area contributed by atoms with E-state index < -0.39 is 21.8 Å². The summed E-state index contributed by atoms with van der Waals surface area (Å²) in [5, 5.41) is 0. The summed E-state index contributed by atoms with van der Waals surface area (Å²) in [6, 6.07) is 15.2. The van der Waals surface area contributed by atoms with Crippen LogP contribution in [-0.2, 0) is 28.9 Å². The first kappa shape index (κ1) is 27.3. The van der Waals surface area contributed by atoms with Gasteiger partial charge in [-0.3, -0.25) is 4.79 Å². The Kier molecular flexibility index (Phi) is 11.0. The van der Waals surface area contributed by atoms with Crippen LogP contribution in [0.1, 0.15) is 63.5 Å². The maximum atomic E-state index is 13.2. The number of hydrogen-bond acceptors (Lipinski definition) is 6. The van der Waals surface area contributed by atoms with Crippen LogP contribution in [0, 0.1) is 0 Å². The molecule has 0 aliphatic carbocycles. The quantitative estimate of drug-likeness (QED) is 0.162. The summed E-state index contributed by atoms with van der Waals surface area (Å²) in [6.07, 6.45) is 7.57. The third kappa shape index (κ3) is 8.78. The van der Waals surface area contributed by atoms with Crippen molar-refractivity contribution in [3.8, 4) is 0 Å². The van der Waals surface area contributed by atoms with Crippen LogP contribution >= 0.6 is 0 Å². The van der Waals surface area contributed by atoms with Gasteiger partial charge in [0.25, 0.3) is 0 Å². The van der Waals surface area contributed by atoms with Crippen LogP contribution in [0.15, 0.2) is 59.5 Å². The number of hydrogen-bond donors (Lipinski definition) is 0. The van der Waals surface area contributed by atoms with Gasteiger partial charge >= 0.3 is 11.9 Å². The third-order valence-electron chi connectivity index (χ3n) is 5.35. The topological polar surface area (TPSA) is 86.7 Å². The second kappa shape index (κ2) is 13.7. The molecule has 0 saturated heterocycles. The second-order valence-corrected chi connectivity index (χ2v) is 10.2. The molecule has 0 amide bonds. The molecule has 2 rings (SSSR count). The zero-order chi connectivity index (χ0) is 25.0. The molecule has 184 valence electrons. The smallest absolute Gasteiger partial charge is 0.339 e. The predicted octanol–water partition coefficient (Wildman–Crippen LogP) is 5.47. The molecular weight excluding hydrogens is 452 g/mol. The third-order valence-corrected chi connectivity index (χ3v) is 6.48. The molecule has 0 spiro atoms. The first-order chi connectivity index (χ1) is 16.2. The summed E-state index contributed by atoms with van der Waals surface area (Å²) in [5.41, 5.74) is 1.95. The van der Waals surface area contributed by atoms with Crippen molar-refractivity contribution < 1.29 is 27.5 Å². The van der Waals surface area contributed by atoms with Gasteiger partial charge in [-0.05, 0) is 29.7 Å². The van der Waals surface area contributed by atoms with Crippen molar-refractivity contribution >= 4 is 32.9 Å². The molecule has 0 heterocycles. The number of carbonyl (C=O) groups is 2. The number of esters is 2. The Labute approximate surface area is 202 Å². The molecule has 34 heavy (non-hydrogen) atoms. The molecule has 0 saturated carbocycles. The average Bonchev–Trinajstić information content (AvgIpc) is 2.81. The second-order valence-electron chi connectivity index (χ2n) is 8.20. The maximum absolute atomic E-state index is 13.2. The molecule has 7 heteroatoms. The standard InChI is InChI=1S/C27H34O6S/c1-4-5-6-7-8-12-19-32-27(29)26(23-13-10-9-11-14-23)25(20-33-21(2)28)22-15-17-24(18-16-22)34(3,30)31/h9-11,13-18H,4-8,12,19-20H2,1-3H3/b26-25+. The normalized spacial score (nSPS) is 12.1. The molecule has 0 N–H and O–H groups in total. The minimum atomic E-state index is -3.38. The van der Waals surface area contributed by atoms with Gasteiger partial charge in [-0.1, -0.05) is 81.5 Å². The summed E-state index contributed by atoms with van der Waals surface area (Å²) < 4.78 is 34.6. The summed E-state index contributed by atoms with van der Waals surface area (Å²) in [4.78, 5) is 25.0. The Morgan fingerprint density at radius 1 is 0.794 bits per heavy atom. The molecule has 0 atom stereocenters. The van der Waals surface area contributed by atoms with E-state index in [1.54, 1.807) is 24.3 Å². The maximum Gasteiger partial charge on any atom is 0.339 e. The Hall–Kier alpha value is -2.93. The van der Waals surface area contributed by atoms with Crippen molar-refractivity contribution in [2.45, 2.75) is 57.3 Å². The summed E-state index contributed by atoms with van der Waals surface area (Å²) in [7, 11) is -3.38. The number of carbonyl (C=O) groups excluding carboxylic acids is 2. The van der Waals surface area contributed by atoms with Gasteiger partial charge in [0.05, 0.1) is 17.1 Å². The number of ether oxygens (including phenoxy) is 2. The molecule has 0 aliphatic heterocycles. The van der Waals surface area contributed by atoms with E-state index in [9.17, 15) is 18.0 Å². The fourth-order valence-corrected chi connectivity index (χ4v) is 4.15. The van der Waals surface area contributed by atoms with E-state index in [1.165, 1.54) is 38.3 Å². The van der Waals surface area contributed by atoms with Gasteiger partial charge in [-0.2, -0.15) is 0 Å². The van der Waals surface area contributed by atoms with Crippen LogP contribution in [0.2, 0.25) is 0 Å². The van der Waals surface area contributed by atoms with E-state index in [0.717, 1.165) is 25.5 Å². The molecule has 0 aromatic heterocycles. The molecule has 0 fully saturated rings.